The molecule has 1 aromatic carbocycles. The average Bonchev–Trinajstić information content (AvgIpc) is 2.28. The van der Waals surface area contributed by atoms with E-state index >= 15 is 0 Å². The maximum atomic E-state index is 12.8. The second-order valence-electron chi connectivity index (χ2n) is 3.33. The van der Waals surface area contributed by atoms with Crippen LogP contribution >= 0.6 is 0 Å². The highest BCUT2D eigenvalue weighted by atomic mass is 19.1. The lowest BCUT2D eigenvalue weighted by molar-refractivity contribution is -0.128. The van der Waals surface area contributed by atoms with Crippen molar-refractivity contribution in [3.63, 3.8) is 0 Å². The Morgan fingerprint density at radius 1 is 1.56 bits per heavy atom. The number of ether oxygens (including phenoxy) is 1. The number of nitrogens with two attached hydrogens (primary N) is 1. The quantitative estimate of drug-likeness (QED) is 0.800. The van der Waals surface area contributed by atoms with Crippen LogP contribution in [0, 0.1) is 5.82 Å². The summed E-state index contributed by atoms with van der Waals surface area (Å²) >= 11 is 0. The van der Waals surface area contributed by atoms with Gasteiger partial charge in [0.2, 0.25) is 5.91 Å². The number of carbonyl (C=O) groups is 1. The number of hydrogen-bond donors (Lipinski definition) is 1. The lowest BCUT2D eigenvalue weighted by Crippen LogP contribution is -2.35. The largest absolute Gasteiger partial charge is 0.492 e. The van der Waals surface area contributed by atoms with Gasteiger partial charge in [-0.05, 0) is 12.1 Å². The van der Waals surface area contributed by atoms with Gasteiger partial charge in [-0.3, -0.25) is 4.79 Å². The smallest absolute Gasteiger partial charge is 0.236 e. The second-order valence-corrected chi connectivity index (χ2v) is 3.33. The number of rotatable bonds is 5. The minimum absolute atomic E-state index is 0.0174. The molecule has 0 bridgehead atoms. The first kappa shape index (κ1) is 12.4. The zero-order valence-corrected chi connectivity index (χ0v) is 9.15. The summed E-state index contributed by atoms with van der Waals surface area (Å²) in [7, 11) is 1.64. The van der Waals surface area contributed by atoms with E-state index in [-0.39, 0.29) is 18.3 Å². The highest BCUT2D eigenvalue weighted by Crippen LogP contribution is 2.11. The van der Waals surface area contributed by atoms with Gasteiger partial charge in [0.1, 0.15) is 18.2 Å². The Kier molecular flexibility index (Phi) is 4.72. The fourth-order valence-corrected chi connectivity index (χ4v) is 1.14. The molecule has 0 spiro atoms. The van der Waals surface area contributed by atoms with Crippen LogP contribution in [0.5, 0.6) is 5.75 Å². The third-order valence-corrected chi connectivity index (χ3v) is 2.09. The summed E-state index contributed by atoms with van der Waals surface area (Å²) in [5, 5.41) is 0. The summed E-state index contributed by atoms with van der Waals surface area (Å²) in [6.45, 7) is 0.717. The minimum Gasteiger partial charge on any atom is -0.492 e. The summed E-state index contributed by atoms with van der Waals surface area (Å²) in [6.07, 6.45) is 0. The molecule has 1 amide bonds. The van der Waals surface area contributed by atoms with E-state index < -0.39 is 0 Å². The molecule has 2 N–H and O–H groups in total. The Morgan fingerprint density at radius 2 is 2.31 bits per heavy atom. The van der Waals surface area contributed by atoms with Crippen molar-refractivity contribution in [1.29, 1.82) is 0 Å². The maximum absolute atomic E-state index is 12.8. The molecule has 5 heteroatoms. The SMILES string of the molecule is CN(CCOc1cccc(F)c1)C(=O)CN. The molecule has 0 heterocycles. The van der Waals surface area contributed by atoms with Crippen LogP contribution in [0.3, 0.4) is 0 Å². The summed E-state index contributed by atoms with van der Waals surface area (Å²) in [5.41, 5.74) is 5.19. The Labute approximate surface area is 93.8 Å². The molecule has 1 rings (SSSR count). The third-order valence-electron chi connectivity index (χ3n) is 2.09. The molecule has 88 valence electrons. The summed E-state index contributed by atoms with van der Waals surface area (Å²) in [4.78, 5) is 12.6. The molecule has 0 aliphatic heterocycles. The Hall–Kier alpha value is -1.62. The van der Waals surface area contributed by atoms with E-state index in [0.717, 1.165) is 0 Å². The topological polar surface area (TPSA) is 55.6 Å². The predicted octanol–water partition coefficient (Wildman–Crippen LogP) is 0.622. The van der Waals surface area contributed by atoms with Gasteiger partial charge in [-0.15, -0.1) is 0 Å². The van der Waals surface area contributed by atoms with E-state index in [1.807, 2.05) is 0 Å². The van der Waals surface area contributed by atoms with E-state index in [0.29, 0.717) is 18.9 Å². The van der Waals surface area contributed by atoms with Gasteiger partial charge in [-0.1, -0.05) is 6.07 Å². The highest BCUT2D eigenvalue weighted by Gasteiger charge is 2.05. The second kappa shape index (κ2) is 6.07. The number of carbonyl (C=O) groups excluding carboxylic acids is 1. The van der Waals surface area contributed by atoms with Gasteiger partial charge in [0, 0.05) is 13.1 Å². The summed E-state index contributed by atoms with van der Waals surface area (Å²) < 4.78 is 18.1. The van der Waals surface area contributed by atoms with Gasteiger partial charge in [-0.2, -0.15) is 0 Å². The van der Waals surface area contributed by atoms with Crippen LogP contribution in [-0.4, -0.2) is 37.6 Å². The molecule has 0 unspecified atom stereocenters. The van der Waals surface area contributed by atoms with Gasteiger partial charge >= 0.3 is 0 Å². The van der Waals surface area contributed by atoms with Crippen molar-refractivity contribution >= 4 is 5.91 Å². The first-order valence-corrected chi connectivity index (χ1v) is 4.96. The Balaban J connectivity index is 2.33. The van der Waals surface area contributed by atoms with Crippen LogP contribution in [0.4, 0.5) is 4.39 Å². The van der Waals surface area contributed by atoms with E-state index in [9.17, 15) is 9.18 Å². The molecule has 0 aliphatic rings. The third kappa shape index (κ3) is 3.86. The van der Waals surface area contributed by atoms with Gasteiger partial charge in [0.25, 0.3) is 0 Å². The van der Waals surface area contributed by atoms with Crippen molar-refractivity contribution in [2.75, 3.05) is 26.7 Å². The van der Waals surface area contributed by atoms with Crippen molar-refractivity contribution < 1.29 is 13.9 Å². The molecule has 1 aromatic rings. The highest BCUT2D eigenvalue weighted by molar-refractivity contribution is 5.77. The number of nitrogens with zero attached hydrogens (tertiary/aromatic N) is 1. The van der Waals surface area contributed by atoms with Crippen LogP contribution in [0.25, 0.3) is 0 Å². The van der Waals surface area contributed by atoms with Crippen molar-refractivity contribution in [1.82, 2.24) is 4.90 Å². The van der Waals surface area contributed by atoms with E-state index in [4.69, 9.17) is 10.5 Å². The van der Waals surface area contributed by atoms with Crippen LogP contribution in [0.1, 0.15) is 0 Å². The summed E-state index contributed by atoms with van der Waals surface area (Å²) in [5.74, 6) is -0.0414. The normalized spacial score (nSPS) is 9.94. The fraction of sp³-hybridized carbons (Fsp3) is 0.364. The van der Waals surface area contributed by atoms with E-state index in [1.54, 1.807) is 19.2 Å². The number of amides is 1. The van der Waals surface area contributed by atoms with Crippen molar-refractivity contribution in [2.24, 2.45) is 5.73 Å². The number of benzene rings is 1. The van der Waals surface area contributed by atoms with Crippen molar-refractivity contribution in [3.05, 3.63) is 30.1 Å². The van der Waals surface area contributed by atoms with Crippen LogP contribution in [0.15, 0.2) is 24.3 Å². The van der Waals surface area contributed by atoms with E-state index in [2.05, 4.69) is 0 Å². The number of halogens is 1. The van der Waals surface area contributed by atoms with Crippen molar-refractivity contribution in [3.8, 4) is 5.75 Å². The average molecular weight is 226 g/mol. The summed E-state index contributed by atoms with van der Waals surface area (Å²) in [6, 6.07) is 5.87. The fourth-order valence-electron chi connectivity index (χ4n) is 1.14. The van der Waals surface area contributed by atoms with Gasteiger partial charge in [0.15, 0.2) is 0 Å². The van der Waals surface area contributed by atoms with Crippen molar-refractivity contribution in [2.45, 2.75) is 0 Å². The first-order chi connectivity index (χ1) is 7.63. The zero-order chi connectivity index (χ0) is 12.0. The molecule has 4 nitrogen and oxygen atoms in total. The molecule has 0 fully saturated rings. The monoisotopic (exact) mass is 226 g/mol. The van der Waals surface area contributed by atoms with Gasteiger partial charge in [-0.25, -0.2) is 4.39 Å². The van der Waals surface area contributed by atoms with Crippen LogP contribution in [-0.2, 0) is 4.79 Å². The molecule has 0 aromatic heterocycles. The number of hydrogen-bond acceptors (Lipinski definition) is 3. The Bertz CT molecular complexity index is 358. The molecular formula is C11H15FN2O2. The molecule has 16 heavy (non-hydrogen) atoms. The lowest BCUT2D eigenvalue weighted by Gasteiger charge is -2.16. The molecule has 0 aliphatic carbocycles. The predicted molar refractivity (Wildman–Crippen MR) is 58.6 cm³/mol. The van der Waals surface area contributed by atoms with Gasteiger partial charge in [0.05, 0.1) is 13.1 Å². The standard InChI is InChI=1S/C11H15FN2O2/c1-14(11(15)8-13)5-6-16-10-4-2-3-9(12)7-10/h2-4,7H,5-6,8,13H2,1H3. The van der Waals surface area contributed by atoms with Crippen LogP contribution < -0.4 is 10.5 Å². The molecule has 0 atom stereocenters. The van der Waals surface area contributed by atoms with Crippen LogP contribution in [0.2, 0.25) is 0 Å². The zero-order valence-electron chi connectivity index (χ0n) is 9.15. The Morgan fingerprint density at radius 3 is 2.94 bits per heavy atom. The number of likely N-dealkylation sites (N-methyl/N-ethyl adjacent to an activating group) is 1. The van der Waals surface area contributed by atoms with E-state index in [1.165, 1.54) is 17.0 Å². The van der Waals surface area contributed by atoms with Gasteiger partial charge < -0.3 is 15.4 Å². The maximum Gasteiger partial charge on any atom is 0.236 e. The molecule has 0 saturated heterocycles. The first-order valence-electron chi connectivity index (χ1n) is 4.96. The molecule has 0 saturated carbocycles. The minimum atomic E-state index is -0.344. The molecular weight excluding hydrogens is 211 g/mol. The molecule has 0 radical (unpaired) electrons. The lowest BCUT2D eigenvalue weighted by atomic mass is 10.3.